The van der Waals surface area contributed by atoms with Crippen LogP contribution in [-0.2, 0) is 6.18 Å². The van der Waals surface area contributed by atoms with Gasteiger partial charge in [-0.05, 0) is 19.1 Å². The van der Waals surface area contributed by atoms with E-state index in [9.17, 15) is 18.0 Å². The molecule has 1 atom stereocenters. The van der Waals surface area contributed by atoms with E-state index < -0.39 is 17.9 Å². The first-order valence-corrected chi connectivity index (χ1v) is 7.81. The third-order valence-corrected chi connectivity index (χ3v) is 4.72. The molecule has 1 aromatic carbocycles. The number of fused-ring (bicyclic) bond motifs is 1. The molecule has 0 spiro atoms. The van der Waals surface area contributed by atoms with Crippen molar-refractivity contribution in [2.75, 3.05) is 10.7 Å². The Morgan fingerprint density at radius 3 is 2.57 bits per heavy atom. The van der Waals surface area contributed by atoms with Gasteiger partial charge < -0.3 is 4.90 Å². The van der Waals surface area contributed by atoms with Crippen molar-refractivity contribution in [3.05, 3.63) is 48.0 Å². The summed E-state index contributed by atoms with van der Waals surface area (Å²) in [6.07, 6.45) is -2.77. The lowest BCUT2D eigenvalue weighted by atomic mass is 10.2. The molecule has 0 radical (unpaired) electrons. The molecule has 1 amide bonds. The molecule has 1 aromatic heterocycles. The number of hydrogen-bond acceptors (Lipinski definition) is 4. The standard InChI is InChI=1S/C15H12F3N3OS/c1-9-8-23-12-5-3-2-4-11(12)21(9)13(22)10-6-19-14(20-7-10)15(16,17)18/h2-7,9H,8H2,1H3/t9-/m0/s1. The van der Waals surface area contributed by atoms with E-state index in [1.807, 2.05) is 31.2 Å². The Labute approximate surface area is 134 Å². The highest BCUT2D eigenvalue weighted by atomic mass is 32.2. The number of thioether (sulfide) groups is 1. The summed E-state index contributed by atoms with van der Waals surface area (Å²) in [7, 11) is 0. The average Bonchev–Trinajstić information content (AvgIpc) is 2.53. The maximum atomic E-state index is 12.7. The van der Waals surface area contributed by atoms with Crippen LogP contribution in [0.4, 0.5) is 18.9 Å². The van der Waals surface area contributed by atoms with Gasteiger partial charge in [-0.1, -0.05) is 12.1 Å². The van der Waals surface area contributed by atoms with Crippen LogP contribution in [0.1, 0.15) is 23.1 Å². The zero-order valence-corrected chi connectivity index (χ0v) is 12.9. The predicted molar refractivity (Wildman–Crippen MR) is 80.5 cm³/mol. The number of rotatable bonds is 1. The third-order valence-electron chi connectivity index (χ3n) is 3.42. The molecule has 0 unspecified atom stereocenters. The molecule has 0 saturated heterocycles. The molecule has 2 aromatic rings. The van der Waals surface area contributed by atoms with Gasteiger partial charge in [-0.25, -0.2) is 9.97 Å². The fraction of sp³-hybridized carbons (Fsp3) is 0.267. The Morgan fingerprint density at radius 1 is 1.26 bits per heavy atom. The maximum Gasteiger partial charge on any atom is 0.451 e. The Bertz CT molecular complexity index is 733. The molecule has 1 aliphatic heterocycles. The van der Waals surface area contributed by atoms with E-state index in [0.717, 1.165) is 23.0 Å². The van der Waals surface area contributed by atoms with Crippen molar-refractivity contribution >= 4 is 23.4 Å². The van der Waals surface area contributed by atoms with Crippen molar-refractivity contribution in [1.82, 2.24) is 9.97 Å². The van der Waals surface area contributed by atoms with E-state index in [1.165, 1.54) is 0 Å². The molecule has 4 nitrogen and oxygen atoms in total. The van der Waals surface area contributed by atoms with Crippen molar-refractivity contribution in [2.45, 2.75) is 24.0 Å². The van der Waals surface area contributed by atoms with Gasteiger partial charge in [0, 0.05) is 29.1 Å². The van der Waals surface area contributed by atoms with Gasteiger partial charge in [0.2, 0.25) is 5.82 Å². The van der Waals surface area contributed by atoms with E-state index in [0.29, 0.717) is 5.75 Å². The summed E-state index contributed by atoms with van der Waals surface area (Å²) in [5.74, 6) is -0.944. The molecule has 0 fully saturated rings. The molecule has 23 heavy (non-hydrogen) atoms. The molecular weight excluding hydrogens is 327 g/mol. The molecule has 120 valence electrons. The molecule has 8 heteroatoms. The van der Waals surface area contributed by atoms with Crippen LogP contribution in [-0.4, -0.2) is 27.7 Å². The number of hydrogen-bond donors (Lipinski definition) is 0. The SMILES string of the molecule is C[C@H]1CSc2ccccc2N1C(=O)c1cnc(C(F)(F)F)nc1. The van der Waals surface area contributed by atoms with Crippen molar-refractivity contribution in [1.29, 1.82) is 0 Å². The van der Waals surface area contributed by atoms with Gasteiger partial charge in [-0.2, -0.15) is 13.2 Å². The van der Waals surface area contributed by atoms with E-state index >= 15 is 0 Å². The number of amides is 1. The summed E-state index contributed by atoms with van der Waals surface area (Å²) in [4.78, 5) is 21.8. The second kappa shape index (κ2) is 5.84. The minimum Gasteiger partial charge on any atom is -0.304 e. The fourth-order valence-electron chi connectivity index (χ4n) is 2.33. The van der Waals surface area contributed by atoms with Crippen molar-refractivity contribution in [3.63, 3.8) is 0 Å². The van der Waals surface area contributed by atoms with Crippen LogP contribution in [0.3, 0.4) is 0 Å². The Balaban J connectivity index is 1.94. The second-order valence-electron chi connectivity index (χ2n) is 5.10. The zero-order valence-electron chi connectivity index (χ0n) is 12.0. The number of para-hydroxylation sites is 1. The van der Waals surface area contributed by atoms with Gasteiger partial charge in [0.05, 0.1) is 11.3 Å². The van der Waals surface area contributed by atoms with Crippen LogP contribution in [0.15, 0.2) is 41.6 Å². The normalized spacial score (nSPS) is 17.7. The number of halogens is 3. The smallest absolute Gasteiger partial charge is 0.304 e. The average molecular weight is 339 g/mol. The third kappa shape index (κ3) is 3.03. The van der Waals surface area contributed by atoms with E-state index in [2.05, 4.69) is 9.97 Å². The van der Waals surface area contributed by atoms with Gasteiger partial charge in [0.1, 0.15) is 0 Å². The number of anilines is 1. The van der Waals surface area contributed by atoms with Crippen LogP contribution < -0.4 is 4.90 Å². The molecule has 3 rings (SSSR count). The molecule has 0 saturated carbocycles. The number of alkyl halides is 3. The first-order chi connectivity index (χ1) is 10.9. The Hall–Kier alpha value is -2.09. The minimum atomic E-state index is -4.62. The summed E-state index contributed by atoms with van der Waals surface area (Å²) < 4.78 is 37.5. The van der Waals surface area contributed by atoms with Gasteiger partial charge >= 0.3 is 6.18 Å². The summed E-state index contributed by atoms with van der Waals surface area (Å²) in [6, 6.07) is 7.35. The molecule has 0 N–H and O–H groups in total. The fourth-order valence-corrected chi connectivity index (χ4v) is 3.39. The van der Waals surface area contributed by atoms with Crippen LogP contribution in [0.2, 0.25) is 0 Å². The Kier molecular flexibility index (Phi) is 4.01. The highest BCUT2D eigenvalue weighted by Gasteiger charge is 2.35. The molecule has 2 heterocycles. The number of nitrogens with zero attached hydrogens (tertiary/aromatic N) is 3. The summed E-state index contributed by atoms with van der Waals surface area (Å²) in [6.45, 7) is 1.89. The quantitative estimate of drug-likeness (QED) is 0.796. The molecule has 1 aliphatic rings. The number of aromatic nitrogens is 2. The highest BCUT2D eigenvalue weighted by Crippen LogP contribution is 2.37. The van der Waals surface area contributed by atoms with Gasteiger partial charge in [0.15, 0.2) is 0 Å². The predicted octanol–water partition coefficient (Wildman–Crippen LogP) is 3.64. The van der Waals surface area contributed by atoms with Crippen LogP contribution in [0, 0.1) is 0 Å². The van der Waals surface area contributed by atoms with E-state index in [4.69, 9.17) is 0 Å². The van der Waals surface area contributed by atoms with Crippen LogP contribution in [0.25, 0.3) is 0 Å². The van der Waals surface area contributed by atoms with E-state index in [-0.39, 0.29) is 11.6 Å². The maximum absolute atomic E-state index is 12.7. The van der Waals surface area contributed by atoms with Gasteiger partial charge in [0.25, 0.3) is 5.91 Å². The van der Waals surface area contributed by atoms with Gasteiger partial charge in [-0.15, -0.1) is 11.8 Å². The summed E-state index contributed by atoms with van der Waals surface area (Å²) >= 11 is 1.65. The molecular formula is C15H12F3N3OS. The van der Waals surface area contributed by atoms with E-state index in [1.54, 1.807) is 16.7 Å². The van der Waals surface area contributed by atoms with Crippen LogP contribution in [0.5, 0.6) is 0 Å². The topological polar surface area (TPSA) is 46.1 Å². The lowest BCUT2D eigenvalue weighted by Gasteiger charge is -2.34. The Morgan fingerprint density at radius 2 is 1.91 bits per heavy atom. The lowest BCUT2D eigenvalue weighted by molar-refractivity contribution is -0.145. The number of carbonyl (C=O) groups excluding carboxylic acids is 1. The van der Waals surface area contributed by atoms with Crippen molar-refractivity contribution in [3.8, 4) is 0 Å². The zero-order chi connectivity index (χ0) is 16.6. The second-order valence-corrected chi connectivity index (χ2v) is 6.16. The van der Waals surface area contributed by atoms with Crippen molar-refractivity contribution < 1.29 is 18.0 Å². The molecule has 0 bridgehead atoms. The monoisotopic (exact) mass is 339 g/mol. The molecule has 0 aliphatic carbocycles. The van der Waals surface area contributed by atoms with Crippen molar-refractivity contribution in [2.24, 2.45) is 0 Å². The lowest BCUT2D eigenvalue weighted by Crippen LogP contribution is -2.42. The van der Waals surface area contributed by atoms with Crippen LogP contribution >= 0.6 is 11.8 Å². The first kappa shape index (κ1) is 15.8. The minimum absolute atomic E-state index is 0.0338. The number of carbonyl (C=O) groups is 1. The summed E-state index contributed by atoms with van der Waals surface area (Å²) in [5, 5.41) is 0. The number of benzene rings is 1. The first-order valence-electron chi connectivity index (χ1n) is 6.82. The largest absolute Gasteiger partial charge is 0.451 e. The highest BCUT2D eigenvalue weighted by molar-refractivity contribution is 7.99. The van der Waals surface area contributed by atoms with Gasteiger partial charge in [-0.3, -0.25) is 4.79 Å². The summed E-state index contributed by atoms with van der Waals surface area (Å²) in [5.41, 5.74) is 0.785.